The predicted octanol–water partition coefficient (Wildman–Crippen LogP) is 4.22. The van der Waals surface area contributed by atoms with Crippen molar-refractivity contribution < 1.29 is 14.3 Å². The second kappa shape index (κ2) is 10.4. The Labute approximate surface area is 192 Å². The number of benzene rings is 1. The van der Waals surface area contributed by atoms with E-state index < -0.39 is 0 Å². The standard InChI is InChI=1S/C22H26Cl2N4O3/c23-16-6-7-19(18(24)14-16)30-15-22(29)28-12-10-27(11-13-28)20-8-9-21(26-25-20)31-17-4-2-1-3-5-17/h6-9,14,17H,1-5,10-13,15H2. The summed E-state index contributed by atoms with van der Waals surface area (Å²) in [4.78, 5) is 16.4. The Bertz CT molecular complexity index is 883. The van der Waals surface area contributed by atoms with Crippen molar-refractivity contribution in [2.24, 2.45) is 0 Å². The molecule has 0 atom stereocenters. The minimum absolute atomic E-state index is 0.0612. The zero-order valence-electron chi connectivity index (χ0n) is 17.3. The Hall–Kier alpha value is -2.25. The van der Waals surface area contributed by atoms with Crippen LogP contribution in [0.3, 0.4) is 0 Å². The average molecular weight is 465 g/mol. The third-order valence-corrected chi connectivity index (χ3v) is 6.20. The molecule has 0 unspecified atom stereocenters. The maximum absolute atomic E-state index is 12.5. The zero-order chi connectivity index (χ0) is 21.6. The largest absolute Gasteiger partial charge is 0.482 e. The van der Waals surface area contributed by atoms with Gasteiger partial charge in [0.25, 0.3) is 5.91 Å². The number of amides is 1. The average Bonchev–Trinajstić information content (AvgIpc) is 2.80. The normalized spacial score (nSPS) is 17.5. The second-order valence-electron chi connectivity index (χ2n) is 7.84. The van der Waals surface area contributed by atoms with E-state index in [2.05, 4.69) is 15.1 Å². The monoisotopic (exact) mass is 464 g/mol. The lowest BCUT2D eigenvalue weighted by atomic mass is 9.98. The van der Waals surface area contributed by atoms with E-state index in [4.69, 9.17) is 32.7 Å². The van der Waals surface area contributed by atoms with Crippen LogP contribution >= 0.6 is 23.2 Å². The molecule has 1 aromatic carbocycles. The van der Waals surface area contributed by atoms with Crippen molar-refractivity contribution in [3.8, 4) is 11.6 Å². The fourth-order valence-corrected chi connectivity index (χ4v) is 4.37. The van der Waals surface area contributed by atoms with Gasteiger partial charge in [0.2, 0.25) is 5.88 Å². The van der Waals surface area contributed by atoms with E-state index in [1.165, 1.54) is 19.3 Å². The van der Waals surface area contributed by atoms with Gasteiger partial charge < -0.3 is 19.3 Å². The van der Waals surface area contributed by atoms with E-state index in [0.29, 0.717) is 47.9 Å². The van der Waals surface area contributed by atoms with Gasteiger partial charge in [-0.3, -0.25) is 4.79 Å². The number of rotatable bonds is 6. The summed E-state index contributed by atoms with van der Waals surface area (Å²) in [6.45, 7) is 2.50. The van der Waals surface area contributed by atoms with Crippen LogP contribution in [0, 0.1) is 0 Å². The van der Waals surface area contributed by atoms with Crippen LogP contribution in [0.1, 0.15) is 32.1 Å². The number of hydrogen-bond acceptors (Lipinski definition) is 6. The number of halogens is 2. The van der Waals surface area contributed by atoms with Crippen molar-refractivity contribution in [3.05, 3.63) is 40.4 Å². The van der Waals surface area contributed by atoms with Crippen molar-refractivity contribution in [2.75, 3.05) is 37.7 Å². The van der Waals surface area contributed by atoms with Crippen molar-refractivity contribution in [3.63, 3.8) is 0 Å². The fourth-order valence-electron chi connectivity index (χ4n) is 3.91. The Kier molecular flexibility index (Phi) is 7.35. The van der Waals surface area contributed by atoms with E-state index in [-0.39, 0.29) is 18.6 Å². The number of carbonyl (C=O) groups excluding carboxylic acids is 1. The number of ether oxygens (including phenoxy) is 2. The lowest BCUT2D eigenvalue weighted by Gasteiger charge is -2.35. The molecule has 0 spiro atoms. The molecule has 1 aromatic heterocycles. The highest BCUT2D eigenvalue weighted by molar-refractivity contribution is 6.35. The molecular formula is C22H26Cl2N4O3. The SMILES string of the molecule is O=C(COc1ccc(Cl)cc1Cl)N1CCN(c2ccc(OC3CCCCC3)nn2)CC1. The maximum atomic E-state index is 12.5. The minimum atomic E-state index is -0.0759. The van der Waals surface area contributed by atoms with E-state index in [1.54, 1.807) is 23.1 Å². The summed E-state index contributed by atoms with van der Waals surface area (Å²) in [6, 6.07) is 8.76. The van der Waals surface area contributed by atoms with Crippen molar-refractivity contribution >= 4 is 34.9 Å². The first-order chi connectivity index (χ1) is 15.1. The quantitative estimate of drug-likeness (QED) is 0.637. The summed E-state index contributed by atoms with van der Waals surface area (Å²) in [7, 11) is 0. The molecule has 1 saturated heterocycles. The summed E-state index contributed by atoms with van der Waals surface area (Å²) in [5, 5.41) is 9.48. The van der Waals surface area contributed by atoms with Gasteiger partial charge in [-0.15, -0.1) is 10.2 Å². The molecule has 31 heavy (non-hydrogen) atoms. The van der Waals surface area contributed by atoms with Crippen molar-refractivity contribution in [1.82, 2.24) is 15.1 Å². The van der Waals surface area contributed by atoms with Gasteiger partial charge >= 0.3 is 0 Å². The van der Waals surface area contributed by atoms with E-state index in [1.807, 2.05) is 12.1 Å². The summed E-state index contributed by atoms with van der Waals surface area (Å²) < 4.78 is 11.5. The van der Waals surface area contributed by atoms with Crippen LogP contribution in [0.2, 0.25) is 10.0 Å². The fraction of sp³-hybridized carbons (Fsp3) is 0.500. The van der Waals surface area contributed by atoms with Crippen LogP contribution in [0.15, 0.2) is 30.3 Å². The highest BCUT2D eigenvalue weighted by atomic mass is 35.5. The number of anilines is 1. The summed E-state index contributed by atoms with van der Waals surface area (Å²) in [5.74, 6) is 1.76. The molecular weight excluding hydrogens is 439 g/mol. The van der Waals surface area contributed by atoms with Gasteiger partial charge in [0.15, 0.2) is 12.4 Å². The van der Waals surface area contributed by atoms with Gasteiger partial charge in [-0.05, 0) is 49.9 Å². The predicted molar refractivity (Wildman–Crippen MR) is 120 cm³/mol. The number of piperazine rings is 1. The van der Waals surface area contributed by atoms with Gasteiger partial charge in [0.1, 0.15) is 11.9 Å². The van der Waals surface area contributed by atoms with Crippen LogP contribution in [0.4, 0.5) is 5.82 Å². The smallest absolute Gasteiger partial charge is 0.260 e. The molecule has 2 heterocycles. The molecule has 4 rings (SSSR count). The molecule has 1 saturated carbocycles. The van der Waals surface area contributed by atoms with Gasteiger partial charge in [-0.1, -0.05) is 29.6 Å². The zero-order valence-corrected chi connectivity index (χ0v) is 18.8. The van der Waals surface area contributed by atoms with Gasteiger partial charge in [-0.2, -0.15) is 0 Å². The van der Waals surface area contributed by atoms with Crippen molar-refractivity contribution in [2.45, 2.75) is 38.2 Å². The molecule has 0 bridgehead atoms. The van der Waals surface area contributed by atoms with Gasteiger partial charge in [0, 0.05) is 37.3 Å². The summed E-state index contributed by atoms with van der Waals surface area (Å²) >= 11 is 12.0. The molecule has 9 heteroatoms. The topological polar surface area (TPSA) is 67.8 Å². The van der Waals surface area contributed by atoms with Crippen molar-refractivity contribution in [1.29, 1.82) is 0 Å². The summed E-state index contributed by atoms with van der Waals surface area (Å²) in [6.07, 6.45) is 6.17. The second-order valence-corrected chi connectivity index (χ2v) is 8.68. The Morgan fingerprint density at radius 2 is 1.77 bits per heavy atom. The summed E-state index contributed by atoms with van der Waals surface area (Å²) in [5.41, 5.74) is 0. The molecule has 1 aliphatic heterocycles. The molecule has 2 aromatic rings. The number of hydrogen-bond donors (Lipinski definition) is 0. The van der Waals surface area contributed by atoms with Crippen LogP contribution < -0.4 is 14.4 Å². The first-order valence-corrected chi connectivity index (χ1v) is 11.4. The maximum Gasteiger partial charge on any atom is 0.260 e. The lowest BCUT2D eigenvalue weighted by molar-refractivity contribution is -0.133. The molecule has 2 aliphatic rings. The van der Waals surface area contributed by atoms with Crippen LogP contribution in [0.25, 0.3) is 0 Å². The minimum Gasteiger partial charge on any atom is -0.482 e. The first-order valence-electron chi connectivity index (χ1n) is 10.7. The Balaban J connectivity index is 1.23. The third kappa shape index (κ3) is 5.92. The number of nitrogens with zero attached hydrogens (tertiary/aromatic N) is 4. The Morgan fingerprint density at radius 3 is 2.45 bits per heavy atom. The van der Waals surface area contributed by atoms with Gasteiger partial charge in [-0.25, -0.2) is 0 Å². The molecule has 7 nitrogen and oxygen atoms in total. The van der Waals surface area contributed by atoms with Gasteiger partial charge in [0.05, 0.1) is 5.02 Å². The van der Waals surface area contributed by atoms with E-state index in [0.717, 1.165) is 18.7 Å². The molecule has 166 valence electrons. The molecule has 2 fully saturated rings. The molecule has 1 aliphatic carbocycles. The van der Waals surface area contributed by atoms with Crippen LogP contribution in [-0.2, 0) is 4.79 Å². The first kappa shape index (κ1) is 22.0. The number of aromatic nitrogens is 2. The highest BCUT2D eigenvalue weighted by Crippen LogP contribution is 2.27. The molecule has 0 radical (unpaired) electrons. The Morgan fingerprint density at radius 1 is 1.00 bits per heavy atom. The molecule has 1 amide bonds. The van der Waals surface area contributed by atoms with Crippen LogP contribution in [-0.4, -0.2) is 59.9 Å². The van der Waals surface area contributed by atoms with E-state index >= 15 is 0 Å². The number of carbonyl (C=O) groups is 1. The molecule has 0 N–H and O–H groups in total. The lowest BCUT2D eigenvalue weighted by Crippen LogP contribution is -2.50. The van der Waals surface area contributed by atoms with Crippen LogP contribution in [0.5, 0.6) is 11.6 Å². The highest BCUT2D eigenvalue weighted by Gasteiger charge is 2.23. The van der Waals surface area contributed by atoms with E-state index in [9.17, 15) is 4.79 Å². The third-order valence-electron chi connectivity index (χ3n) is 5.67.